The fourth-order valence-electron chi connectivity index (χ4n) is 3.42. The number of likely N-dealkylation sites (tertiary alicyclic amines) is 1. The molecule has 1 aromatic carbocycles. The van der Waals surface area contributed by atoms with E-state index in [-0.39, 0.29) is 5.91 Å². The molecule has 1 saturated carbocycles. The van der Waals surface area contributed by atoms with Crippen LogP contribution in [-0.4, -0.2) is 29.9 Å². The molecule has 2 fully saturated rings. The normalized spacial score (nSPS) is 19.7. The summed E-state index contributed by atoms with van der Waals surface area (Å²) in [5, 5.41) is 3.58. The lowest BCUT2D eigenvalue weighted by Gasteiger charge is -2.26. The molecule has 1 aliphatic heterocycles. The number of hydrogen-bond acceptors (Lipinski definition) is 3. The van der Waals surface area contributed by atoms with Crippen molar-refractivity contribution in [1.82, 2.24) is 4.90 Å². The van der Waals surface area contributed by atoms with Gasteiger partial charge in [-0.3, -0.25) is 4.79 Å². The van der Waals surface area contributed by atoms with Crippen molar-refractivity contribution < 1.29 is 4.79 Å². The Morgan fingerprint density at radius 1 is 1.10 bits per heavy atom. The second-order valence-electron chi connectivity index (χ2n) is 6.28. The van der Waals surface area contributed by atoms with Gasteiger partial charge in [0.15, 0.2) is 0 Å². The number of carbonyl (C=O) groups is 1. The van der Waals surface area contributed by atoms with Crippen LogP contribution in [0.5, 0.6) is 0 Å². The van der Waals surface area contributed by atoms with Crippen LogP contribution < -0.4 is 11.1 Å². The third-order valence-electron chi connectivity index (χ3n) is 4.63. The zero-order valence-corrected chi connectivity index (χ0v) is 12.6. The maximum atomic E-state index is 12.7. The van der Waals surface area contributed by atoms with Crippen molar-refractivity contribution in [3.8, 4) is 0 Å². The lowest BCUT2D eigenvalue weighted by molar-refractivity contribution is 0.0793. The molecular weight excluding hydrogens is 262 g/mol. The average Bonchev–Trinajstić information content (AvgIpc) is 3.04. The minimum absolute atomic E-state index is 0.123. The minimum Gasteiger partial charge on any atom is -0.399 e. The number of amides is 1. The van der Waals surface area contributed by atoms with Gasteiger partial charge in [0.05, 0.1) is 5.56 Å². The first-order valence-electron chi connectivity index (χ1n) is 8.19. The van der Waals surface area contributed by atoms with Crippen molar-refractivity contribution in [2.24, 2.45) is 0 Å². The van der Waals surface area contributed by atoms with Crippen LogP contribution in [0.1, 0.15) is 55.3 Å². The van der Waals surface area contributed by atoms with Gasteiger partial charge in [-0.25, -0.2) is 0 Å². The first kappa shape index (κ1) is 14.2. The summed E-state index contributed by atoms with van der Waals surface area (Å²) in [6, 6.07) is 6.16. The van der Waals surface area contributed by atoms with Crippen LogP contribution in [0.2, 0.25) is 0 Å². The van der Waals surface area contributed by atoms with E-state index in [0.717, 1.165) is 37.2 Å². The molecule has 0 atom stereocenters. The Bertz CT molecular complexity index is 503. The van der Waals surface area contributed by atoms with Gasteiger partial charge in [-0.2, -0.15) is 0 Å². The maximum absolute atomic E-state index is 12.7. The Morgan fingerprint density at radius 3 is 2.52 bits per heavy atom. The minimum atomic E-state index is 0.123. The van der Waals surface area contributed by atoms with E-state index in [0.29, 0.717) is 11.7 Å². The molecular formula is C17H25N3O. The van der Waals surface area contributed by atoms with Gasteiger partial charge in [-0.1, -0.05) is 19.3 Å². The van der Waals surface area contributed by atoms with Gasteiger partial charge in [-0.15, -0.1) is 0 Å². The second kappa shape index (κ2) is 6.37. The predicted molar refractivity (Wildman–Crippen MR) is 86.5 cm³/mol. The summed E-state index contributed by atoms with van der Waals surface area (Å²) in [7, 11) is 0. The molecule has 4 nitrogen and oxygen atoms in total. The molecule has 3 rings (SSSR count). The summed E-state index contributed by atoms with van der Waals surface area (Å²) in [5.41, 5.74) is 8.25. The van der Waals surface area contributed by atoms with Gasteiger partial charge in [-0.05, 0) is 43.9 Å². The fraction of sp³-hybridized carbons (Fsp3) is 0.588. The third-order valence-corrected chi connectivity index (χ3v) is 4.63. The Morgan fingerprint density at radius 2 is 1.81 bits per heavy atom. The molecule has 4 heteroatoms. The van der Waals surface area contributed by atoms with Gasteiger partial charge in [0.25, 0.3) is 5.91 Å². The van der Waals surface area contributed by atoms with E-state index in [4.69, 9.17) is 5.73 Å². The topological polar surface area (TPSA) is 58.4 Å². The highest BCUT2D eigenvalue weighted by atomic mass is 16.2. The second-order valence-corrected chi connectivity index (χ2v) is 6.28. The molecule has 114 valence electrons. The molecule has 1 aromatic rings. The van der Waals surface area contributed by atoms with Gasteiger partial charge in [0, 0.05) is 30.5 Å². The quantitative estimate of drug-likeness (QED) is 0.839. The molecule has 21 heavy (non-hydrogen) atoms. The van der Waals surface area contributed by atoms with E-state index in [2.05, 4.69) is 5.32 Å². The third kappa shape index (κ3) is 3.31. The Hall–Kier alpha value is -1.71. The fourth-order valence-corrected chi connectivity index (χ4v) is 3.42. The highest BCUT2D eigenvalue weighted by molar-refractivity contribution is 6.00. The molecule has 0 bridgehead atoms. The first-order valence-corrected chi connectivity index (χ1v) is 8.19. The summed E-state index contributed by atoms with van der Waals surface area (Å²) in [4.78, 5) is 14.6. The molecule has 2 aliphatic rings. The Labute approximate surface area is 126 Å². The maximum Gasteiger partial charge on any atom is 0.256 e. The van der Waals surface area contributed by atoms with E-state index in [1.807, 2.05) is 23.1 Å². The largest absolute Gasteiger partial charge is 0.399 e. The number of nitrogens with one attached hydrogen (secondary N) is 1. The number of benzene rings is 1. The van der Waals surface area contributed by atoms with Crippen LogP contribution >= 0.6 is 0 Å². The van der Waals surface area contributed by atoms with Gasteiger partial charge in [0.2, 0.25) is 0 Å². The van der Waals surface area contributed by atoms with Gasteiger partial charge >= 0.3 is 0 Å². The molecule has 1 saturated heterocycles. The number of hydrogen-bond donors (Lipinski definition) is 2. The number of nitrogens with two attached hydrogens (primary N) is 1. The summed E-state index contributed by atoms with van der Waals surface area (Å²) in [6.45, 7) is 1.74. The van der Waals surface area contributed by atoms with E-state index in [1.165, 1.54) is 32.1 Å². The van der Waals surface area contributed by atoms with E-state index < -0.39 is 0 Å². The van der Waals surface area contributed by atoms with Crippen LogP contribution in [0, 0.1) is 0 Å². The smallest absolute Gasteiger partial charge is 0.256 e. The highest BCUT2D eigenvalue weighted by Crippen LogP contribution is 2.27. The van der Waals surface area contributed by atoms with E-state index in [9.17, 15) is 4.79 Å². The van der Waals surface area contributed by atoms with Gasteiger partial charge < -0.3 is 16.0 Å². The average molecular weight is 287 g/mol. The summed E-state index contributed by atoms with van der Waals surface area (Å²) < 4.78 is 0. The molecule has 3 N–H and O–H groups in total. The van der Waals surface area contributed by atoms with Crippen LogP contribution in [-0.2, 0) is 0 Å². The molecule has 1 aliphatic carbocycles. The lowest BCUT2D eigenvalue weighted by Crippen LogP contribution is -2.30. The number of anilines is 2. The van der Waals surface area contributed by atoms with Crippen LogP contribution in [0.15, 0.2) is 18.2 Å². The zero-order chi connectivity index (χ0) is 14.7. The van der Waals surface area contributed by atoms with Crippen molar-refractivity contribution in [3.63, 3.8) is 0 Å². The lowest BCUT2D eigenvalue weighted by atomic mass is 9.95. The van der Waals surface area contributed by atoms with Crippen molar-refractivity contribution in [2.75, 3.05) is 24.1 Å². The molecule has 0 aromatic heterocycles. The molecule has 0 spiro atoms. The molecule has 1 amide bonds. The van der Waals surface area contributed by atoms with Crippen molar-refractivity contribution in [1.29, 1.82) is 0 Å². The summed E-state index contributed by atoms with van der Waals surface area (Å²) >= 11 is 0. The SMILES string of the molecule is Nc1ccc(NC2CCCCC2)c(C(=O)N2CCCC2)c1. The number of nitrogen functional groups attached to an aromatic ring is 1. The van der Waals surface area contributed by atoms with Crippen LogP contribution in [0.3, 0.4) is 0 Å². The van der Waals surface area contributed by atoms with Crippen LogP contribution in [0.25, 0.3) is 0 Å². The highest BCUT2D eigenvalue weighted by Gasteiger charge is 2.23. The summed E-state index contributed by atoms with van der Waals surface area (Å²) in [6.07, 6.45) is 8.51. The monoisotopic (exact) mass is 287 g/mol. The van der Waals surface area contributed by atoms with Crippen molar-refractivity contribution in [3.05, 3.63) is 23.8 Å². The number of nitrogens with zero attached hydrogens (tertiary/aromatic N) is 1. The molecule has 1 heterocycles. The molecule has 0 unspecified atom stereocenters. The number of carbonyl (C=O) groups excluding carboxylic acids is 1. The van der Waals surface area contributed by atoms with Crippen LogP contribution in [0.4, 0.5) is 11.4 Å². The van der Waals surface area contributed by atoms with E-state index in [1.54, 1.807) is 0 Å². The number of rotatable bonds is 3. The first-order chi connectivity index (χ1) is 10.2. The standard InChI is InChI=1S/C17H25N3O/c18-13-8-9-16(19-14-6-2-1-3-7-14)15(12-13)17(21)20-10-4-5-11-20/h8-9,12,14,19H,1-7,10-11,18H2. The Kier molecular flexibility index (Phi) is 4.32. The summed E-state index contributed by atoms with van der Waals surface area (Å²) in [5.74, 6) is 0.123. The molecule has 0 radical (unpaired) electrons. The van der Waals surface area contributed by atoms with Gasteiger partial charge in [0.1, 0.15) is 0 Å². The predicted octanol–water partition coefficient (Wildman–Crippen LogP) is 3.25. The Balaban J connectivity index is 1.80. The van der Waals surface area contributed by atoms with Crippen molar-refractivity contribution in [2.45, 2.75) is 51.0 Å². The zero-order valence-electron chi connectivity index (χ0n) is 12.6. The van der Waals surface area contributed by atoms with Crippen molar-refractivity contribution >= 4 is 17.3 Å². The van der Waals surface area contributed by atoms with E-state index >= 15 is 0 Å².